The molecule has 3 heteroatoms. The average molecular weight is 165 g/mol. The summed E-state index contributed by atoms with van der Waals surface area (Å²) in [7, 11) is 0. The van der Waals surface area contributed by atoms with Crippen molar-refractivity contribution in [3.05, 3.63) is 29.7 Å². The van der Waals surface area contributed by atoms with Crippen molar-refractivity contribution >= 4 is 12.3 Å². The lowest BCUT2D eigenvalue weighted by atomic mass is 10.2. The van der Waals surface area contributed by atoms with Crippen molar-refractivity contribution in [2.75, 3.05) is 0 Å². The van der Waals surface area contributed by atoms with Crippen LogP contribution >= 0.6 is 0 Å². The van der Waals surface area contributed by atoms with Crippen molar-refractivity contribution in [3.63, 3.8) is 0 Å². The topological polar surface area (TPSA) is 45.7 Å². The van der Waals surface area contributed by atoms with Gasteiger partial charge in [-0.15, -0.1) is 0 Å². The molecule has 1 N–H and O–H groups in total. The molecule has 0 saturated heterocycles. The monoisotopic (exact) mass is 165 g/mol. The van der Waals surface area contributed by atoms with Crippen LogP contribution in [0.15, 0.2) is 33.5 Å². The summed E-state index contributed by atoms with van der Waals surface area (Å²) in [6.07, 6.45) is 5.65. The number of hydrogen-bond acceptors (Lipinski definition) is 3. The van der Waals surface area contributed by atoms with Crippen LogP contribution in [0.1, 0.15) is 19.1 Å². The van der Waals surface area contributed by atoms with Gasteiger partial charge < -0.3 is 9.62 Å². The van der Waals surface area contributed by atoms with Gasteiger partial charge in [0.25, 0.3) is 0 Å². The summed E-state index contributed by atoms with van der Waals surface area (Å²) in [5.41, 5.74) is 0.924. The first kappa shape index (κ1) is 8.59. The number of hydrogen-bond donors (Lipinski definition) is 1. The van der Waals surface area contributed by atoms with Crippen molar-refractivity contribution in [2.24, 2.45) is 5.16 Å². The van der Waals surface area contributed by atoms with E-state index >= 15 is 0 Å². The van der Waals surface area contributed by atoms with Gasteiger partial charge in [-0.2, -0.15) is 0 Å². The largest absolute Gasteiger partial charge is 0.465 e. The van der Waals surface area contributed by atoms with Crippen LogP contribution in [-0.4, -0.2) is 11.4 Å². The van der Waals surface area contributed by atoms with Gasteiger partial charge in [0.1, 0.15) is 5.76 Å². The first-order chi connectivity index (χ1) is 5.86. The van der Waals surface area contributed by atoms with Gasteiger partial charge in [-0.05, 0) is 30.2 Å². The van der Waals surface area contributed by atoms with E-state index in [1.807, 2.05) is 25.1 Å². The first-order valence-corrected chi connectivity index (χ1v) is 3.78. The number of oxime groups is 1. The summed E-state index contributed by atoms with van der Waals surface area (Å²) in [5.74, 6) is 0.770. The van der Waals surface area contributed by atoms with Crippen LogP contribution in [0, 0.1) is 0 Å². The molecular formula is C9H11NO2. The van der Waals surface area contributed by atoms with E-state index in [-0.39, 0.29) is 0 Å². The Morgan fingerprint density at radius 2 is 2.58 bits per heavy atom. The summed E-state index contributed by atoms with van der Waals surface area (Å²) in [5, 5.41) is 11.2. The van der Waals surface area contributed by atoms with Crippen LogP contribution < -0.4 is 0 Å². The second kappa shape index (κ2) is 4.38. The Hall–Kier alpha value is -1.51. The zero-order chi connectivity index (χ0) is 8.81. The SMILES string of the molecule is CCC(C=NO)=Cc1ccco1. The Kier molecular flexibility index (Phi) is 3.14. The fourth-order valence-corrected chi connectivity index (χ4v) is 0.861. The van der Waals surface area contributed by atoms with Crippen LogP contribution in [-0.2, 0) is 0 Å². The third-order valence-corrected chi connectivity index (χ3v) is 1.50. The predicted molar refractivity (Wildman–Crippen MR) is 47.3 cm³/mol. The molecule has 0 spiro atoms. The van der Waals surface area contributed by atoms with Crippen molar-refractivity contribution in [2.45, 2.75) is 13.3 Å². The van der Waals surface area contributed by atoms with Crippen molar-refractivity contribution in [1.29, 1.82) is 0 Å². The minimum Gasteiger partial charge on any atom is -0.465 e. The molecule has 0 unspecified atom stereocenters. The van der Waals surface area contributed by atoms with Gasteiger partial charge in [0.05, 0.1) is 12.5 Å². The Balaban J connectivity index is 2.78. The summed E-state index contributed by atoms with van der Waals surface area (Å²) in [6, 6.07) is 3.66. The number of nitrogens with zero attached hydrogens (tertiary/aromatic N) is 1. The lowest BCUT2D eigenvalue weighted by Crippen LogP contribution is -1.81. The number of allylic oxidation sites excluding steroid dienone is 1. The molecule has 0 amide bonds. The van der Waals surface area contributed by atoms with E-state index in [9.17, 15) is 0 Å². The Labute approximate surface area is 71.0 Å². The normalized spacial score (nSPS) is 12.6. The van der Waals surface area contributed by atoms with E-state index in [2.05, 4.69) is 5.16 Å². The van der Waals surface area contributed by atoms with Gasteiger partial charge in [0, 0.05) is 0 Å². The number of rotatable bonds is 3. The summed E-state index contributed by atoms with van der Waals surface area (Å²) in [4.78, 5) is 0. The Morgan fingerprint density at radius 3 is 3.08 bits per heavy atom. The minimum atomic E-state index is 0.770. The fraction of sp³-hybridized carbons (Fsp3) is 0.222. The van der Waals surface area contributed by atoms with Crippen molar-refractivity contribution in [3.8, 4) is 0 Å². The van der Waals surface area contributed by atoms with Crippen LogP contribution in [0.3, 0.4) is 0 Å². The van der Waals surface area contributed by atoms with Crippen molar-refractivity contribution < 1.29 is 9.62 Å². The molecule has 0 aliphatic heterocycles. The lowest BCUT2D eigenvalue weighted by Gasteiger charge is -1.92. The average Bonchev–Trinajstić information content (AvgIpc) is 2.56. The van der Waals surface area contributed by atoms with E-state index in [1.54, 1.807) is 6.26 Å². The predicted octanol–water partition coefficient (Wildman–Crippen LogP) is 2.53. The molecule has 0 fully saturated rings. The molecule has 0 radical (unpaired) electrons. The highest BCUT2D eigenvalue weighted by Crippen LogP contribution is 2.08. The molecule has 0 atom stereocenters. The highest BCUT2D eigenvalue weighted by molar-refractivity contribution is 5.84. The molecule has 1 heterocycles. The highest BCUT2D eigenvalue weighted by Gasteiger charge is 1.93. The molecule has 0 aliphatic rings. The van der Waals surface area contributed by atoms with Gasteiger partial charge >= 0.3 is 0 Å². The zero-order valence-electron chi connectivity index (χ0n) is 6.90. The molecule has 1 aromatic heterocycles. The molecule has 1 aromatic rings. The standard InChI is InChI=1S/C9H11NO2/c1-2-8(7-10-11)6-9-4-3-5-12-9/h3-7,11H,2H2,1H3. The maximum Gasteiger partial charge on any atom is 0.126 e. The van der Waals surface area contributed by atoms with E-state index < -0.39 is 0 Å². The third-order valence-electron chi connectivity index (χ3n) is 1.50. The molecule has 0 bridgehead atoms. The first-order valence-electron chi connectivity index (χ1n) is 3.78. The van der Waals surface area contributed by atoms with Crippen molar-refractivity contribution in [1.82, 2.24) is 0 Å². The summed E-state index contributed by atoms with van der Waals surface area (Å²) in [6.45, 7) is 1.98. The van der Waals surface area contributed by atoms with Gasteiger partial charge in [0.2, 0.25) is 0 Å². The van der Waals surface area contributed by atoms with E-state index in [4.69, 9.17) is 9.62 Å². The van der Waals surface area contributed by atoms with E-state index in [0.717, 1.165) is 17.8 Å². The molecule has 0 saturated carbocycles. The Bertz CT molecular complexity index is 273. The van der Waals surface area contributed by atoms with Gasteiger partial charge in [-0.1, -0.05) is 12.1 Å². The molecule has 12 heavy (non-hydrogen) atoms. The maximum atomic E-state index is 8.29. The fourth-order valence-electron chi connectivity index (χ4n) is 0.861. The quantitative estimate of drug-likeness (QED) is 0.425. The van der Waals surface area contributed by atoms with E-state index in [1.165, 1.54) is 6.21 Å². The van der Waals surface area contributed by atoms with Crippen LogP contribution in [0.25, 0.3) is 6.08 Å². The lowest BCUT2D eigenvalue weighted by molar-refractivity contribution is 0.321. The summed E-state index contributed by atoms with van der Waals surface area (Å²) < 4.78 is 5.09. The molecule has 0 aliphatic carbocycles. The van der Waals surface area contributed by atoms with Gasteiger partial charge in [-0.25, -0.2) is 0 Å². The Morgan fingerprint density at radius 1 is 1.75 bits per heavy atom. The molecule has 3 nitrogen and oxygen atoms in total. The third kappa shape index (κ3) is 2.27. The highest BCUT2D eigenvalue weighted by atomic mass is 16.4. The molecule has 64 valence electrons. The second-order valence-corrected chi connectivity index (χ2v) is 2.33. The minimum absolute atomic E-state index is 0.770. The molecular weight excluding hydrogens is 154 g/mol. The number of furan rings is 1. The molecule has 0 aromatic carbocycles. The van der Waals surface area contributed by atoms with E-state index in [0.29, 0.717) is 0 Å². The molecule has 1 rings (SSSR count). The van der Waals surface area contributed by atoms with Gasteiger partial charge in [0.15, 0.2) is 0 Å². The second-order valence-electron chi connectivity index (χ2n) is 2.33. The zero-order valence-corrected chi connectivity index (χ0v) is 6.90. The van der Waals surface area contributed by atoms with Crippen LogP contribution in [0.4, 0.5) is 0 Å². The summed E-state index contributed by atoms with van der Waals surface area (Å²) >= 11 is 0. The smallest absolute Gasteiger partial charge is 0.126 e. The van der Waals surface area contributed by atoms with Crippen LogP contribution in [0.2, 0.25) is 0 Å². The van der Waals surface area contributed by atoms with Gasteiger partial charge in [-0.3, -0.25) is 0 Å². The van der Waals surface area contributed by atoms with Crippen LogP contribution in [0.5, 0.6) is 0 Å². The maximum absolute atomic E-state index is 8.29.